The third-order valence-electron chi connectivity index (χ3n) is 1.99. The molecule has 2 N–H and O–H groups in total. The first-order chi connectivity index (χ1) is 7.22. The van der Waals surface area contributed by atoms with Crippen LogP contribution in [-0.2, 0) is 16.1 Å². The Morgan fingerprint density at radius 2 is 2.60 bits per heavy atom. The minimum absolute atomic E-state index is 0.169. The van der Waals surface area contributed by atoms with E-state index in [1.807, 2.05) is 11.4 Å². The van der Waals surface area contributed by atoms with Crippen LogP contribution < -0.4 is 5.84 Å². The third-order valence-corrected chi connectivity index (χ3v) is 2.89. The zero-order valence-corrected chi connectivity index (χ0v) is 9.08. The molecule has 0 atom stereocenters. The summed E-state index contributed by atoms with van der Waals surface area (Å²) < 4.78 is 4.86. The number of esters is 1. The van der Waals surface area contributed by atoms with Gasteiger partial charge in [0.05, 0.1) is 23.7 Å². The van der Waals surface area contributed by atoms with E-state index in [0.29, 0.717) is 13.2 Å². The topological polar surface area (TPSA) is 67.9 Å². The van der Waals surface area contributed by atoms with Crippen molar-refractivity contribution in [2.24, 2.45) is 10.8 Å². The van der Waals surface area contributed by atoms with Gasteiger partial charge in [-0.15, -0.1) is 11.3 Å². The standard InChI is InChI=1S/C9H11N3O2S/c1-2-14-9(13)8-11-6-3-4-15-7(6)5-12(8)10/h3-4H,2,5,10H2,1H3. The van der Waals surface area contributed by atoms with Crippen LogP contribution in [0.4, 0.5) is 5.69 Å². The molecule has 0 aliphatic carbocycles. The smallest absolute Gasteiger partial charge is 0.375 e. The maximum atomic E-state index is 11.5. The molecule has 1 aromatic rings. The number of amidine groups is 1. The molecule has 0 unspecified atom stereocenters. The number of rotatable bonds is 2. The number of thiophene rings is 1. The van der Waals surface area contributed by atoms with Gasteiger partial charge in [-0.1, -0.05) is 0 Å². The Labute approximate surface area is 91.1 Å². The number of aliphatic imine (C=N–C) groups is 1. The van der Waals surface area contributed by atoms with Gasteiger partial charge in [-0.25, -0.2) is 15.6 Å². The predicted octanol–water partition coefficient (Wildman–Crippen LogP) is 1.03. The van der Waals surface area contributed by atoms with Crippen molar-refractivity contribution in [2.45, 2.75) is 13.5 Å². The predicted molar refractivity (Wildman–Crippen MR) is 57.8 cm³/mol. The van der Waals surface area contributed by atoms with Crippen molar-refractivity contribution in [3.05, 3.63) is 16.3 Å². The number of carbonyl (C=O) groups excluding carboxylic acids is 1. The first-order valence-electron chi connectivity index (χ1n) is 4.56. The molecule has 0 saturated heterocycles. The van der Waals surface area contributed by atoms with Crippen molar-refractivity contribution in [3.8, 4) is 0 Å². The number of hydrazine groups is 1. The van der Waals surface area contributed by atoms with Gasteiger partial charge in [0.1, 0.15) is 0 Å². The van der Waals surface area contributed by atoms with E-state index in [4.69, 9.17) is 10.6 Å². The fourth-order valence-corrected chi connectivity index (χ4v) is 2.13. The number of hydrogen-bond acceptors (Lipinski definition) is 6. The minimum atomic E-state index is -0.475. The second kappa shape index (κ2) is 4.00. The highest BCUT2D eigenvalue weighted by Crippen LogP contribution is 2.29. The first kappa shape index (κ1) is 10.1. The van der Waals surface area contributed by atoms with E-state index in [1.54, 1.807) is 18.3 Å². The fraction of sp³-hybridized carbons (Fsp3) is 0.333. The van der Waals surface area contributed by atoms with E-state index in [-0.39, 0.29) is 5.84 Å². The number of nitrogens with two attached hydrogens (primary N) is 1. The van der Waals surface area contributed by atoms with Crippen molar-refractivity contribution < 1.29 is 9.53 Å². The largest absolute Gasteiger partial charge is 0.460 e. The van der Waals surface area contributed by atoms with Crippen LogP contribution in [-0.4, -0.2) is 23.4 Å². The lowest BCUT2D eigenvalue weighted by atomic mass is 10.3. The summed E-state index contributed by atoms with van der Waals surface area (Å²) in [5, 5.41) is 3.24. The molecule has 5 nitrogen and oxygen atoms in total. The van der Waals surface area contributed by atoms with E-state index in [1.165, 1.54) is 5.01 Å². The van der Waals surface area contributed by atoms with Crippen LogP contribution in [0.5, 0.6) is 0 Å². The molecular weight excluding hydrogens is 214 g/mol. The van der Waals surface area contributed by atoms with Crippen LogP contribution in [0.25, 0.3) is 0 Å². The Bertz CT molecular complexity index is 413. The van der Waals surface area contributed by atoms with Gasteiger partial charge in [0, 0.05) is 0 Å². The third kappa shape index (κ3) is 1.86. The average Bonchev–Trinajstić information content (AvgIpc) is 2.63. The summed E-state index contributed by atoms with van der Waals surface area (Å²) in [6.45, 7) is 2.57. The van der Waals surface area contributed by atoms with Crippen molar-refractivity contribution in [1.29, 1.82) is 0 Å². The first-order valence-corrected chi connectivity index (χ1v) is 5.44. The molecule has 1 aliphatic rings. The lowest BCUT2D eigenvalue weighted by molar-refractivity contribution is -0.136. The maximum absolute atomic E-state index is 11.5. The van der Waals surface area contributed by atoms with Crippen molar-refractivity contribution >= 4 is 28.8 Å². The molecule has 0 bridgehead atoms. The van der Waals surface area contributed by atoms with Crippen LogP contribution in [0.15, 0.2) is 16.4 Å². The molecule has 0 saturated carbocycles. The number of nitrogens with zero attached hydrogens (tertiary/aromatic N) is 2. The van der Waals surface area contributed by atoms with E-state index < -0.39 is 5.97 Å². The zero-order valence-electron chi connectivity index (χ0n) is 8.27. The summed E-state index contributed by atoms with van der Waals surface area (Å²) in [5.74, 6) is 5.39. The van der Waals surface area contributed by atoms with Gasteiger partial charge in [-0.3, -0.25) is 5.01 Å². The lowest BCUT2D eigenvalue weighted by Gasteiger charge is -2.22. The Morgan fingerprint density at radius 3 is 3.33 bits per heavy atom. The molecule has 0 aromatic carbocycles. The molecule has 80 valence electrons. The Kier molecular flexibility index (Phi) is 2.70. The van der Waals surface area contributed by atoms with Crippen LogP contribution in [0.1, 0.15) is 11.8 Å². The highest BCUT2D eigenvalue weighted by Gasteiger charge is 2.24. The van der Waals surface area contributed by atoms with Crippen molar-refractivity contribution in [3.63, 3.8) is 0 Å². The quantitative estimate of drug-likeness (QED) is 0.603. The summed E-state index contributed by atoms with van der Waals surface area (Å²) in [5.41, 5.74) is 0.810. The van der Waals surface area contributed by atoms with Gasteiger partial charge in [0.25, 0.3) is 0 Å². The molecule has 0 spiro atoms. The molecule has 1 aromatic heterocycles. The van der Waals surface area contributed by atoms with E-state index in [2.05, 4.69) is 4.99 Å². The van der Waals surface area contributed by atoms with Crippen LogP contribution in [0, 0.1) is 0 Å². The second-order valence-corrected chi connectivity index (χ2v) is 4.01. The normalized spacial score (nSPS) is 14.5. The van der Waals surface area contributed by atoms with E-state index >= 15 is 0 Å². The number of carbonyl (C=O) groups is 1. The summed E-state index contributed by atoms with van der Waals surface area (Å²) in [4.78, 5) is 16.7. The van der Waals surface area contributed by atoms with Crippen LogP contribution >= 0.6 is 11.3 Å². The molecule has 0 radical (unpaired) electrons. The summed E-state index contributed by atoms with van der Waals surface area (Å²) >= 11 is 1.58. The fourth-order valence-electron chi connectivity index (χ4n) is 1.32. The molecule has 15 heavy (non-hydrogen) atoms. The molecular formula is C9H11N3O2S. The molecule has 2 heterocycles. The average molecular weight is 225 g/mol. The lowest BCUT2D eigenvalue weighted by Crippen LogP contribution is -2.43. The number of hydrogen-bond donors (Lipinski definition) is 1. The maximum Gasteiger partial charge on any atom is 0.375 e. The van der Waals surface area contributed by atoms with E-state index in [0.717, 1.165) is 10.6 Å². The Morgan fingerprint density at radius 1 is 1.80 bits per heavy atom. The van der Waals surface area contributed by atoms with Crippen LogP contribution in [0.2, 0.25) is 0 Å². The number of fused-ring (bicyclic) bond motifs is 1. The second-order valence-electron chi connectivity index (χ2n) is 3.01. The summed E-state index contributed by atoms with van der Waals surface area (Å²) in [7, 11) is 0. The van der Waals surface area contributed by atoms with Gasteiger partial charge >= 0.3 is 5.97 Å². The van der Waals surface area contributed by atoms with Crippen LogP contribution in [0.3, 0.4) is 0 Å². The molecule has 6 heteroatoms. The summed E-state index contributed by atoms with van der Waals surface area (Å²) in [6, 6.07) is 1.87. The van der Waals surface area contributed by atoms with Gasteiger partial charge in [0.15, 0.2) is 0 Å². The highest BCUT2D eigenvalue weighted by molar-refractivity contribution is 7.10. The molecule has 1 aliphatic heterocycles. The Balaban J connectivity index is 2.29. The monoisotopic (exact) mass is 225 g/mol. The Hall–Kier alpha value is -1.40. The molecule has 0 amide bonds. The van der Waals surface area contributed by atoms with Gasteiger partial charge in [-0.2, -0.15) is 0 Å². The van der Waals surface area contributed by atoms with Crippen molar-refractivity contribution in [2.75, 3.05) is 6.61 Å². The van der Waals surface area contributed by atoms with Gasteiger partial charge < -0.3 is 4.74 Å². The minimum Gasteiger partial charge on any atom is -0.460 e. The summed E-state index contributed by atoms with van der Waals surface area (Å²) in [6.07, 6.45) is 0. The van der Waals surface area contributed by atoms with Crippen molar-refractivity contribution in [1.82, 2.24) is 5.01 Å². The molecule has 2 rings (SSSR count). The highest BCUT2D eigenvalue weighted by atomic mass is 32.1. The van der Waals surface area contributed by atoms with Gasteiger partial charge in [0.2, 0.25) is 5.84 Å². The van der Waals surface area contributed by atoms with E-state index in [9.17, 15) is 4.79 Å². The van der Waals surface area contributed by atoms with Gasteiger partial charge in [-0.05, 0) is 18.4 Å². The SMILES string of the molecule is CCOC(=O)C1=Nc2ccsc2CN1N. The number of ether oxygens (including phenoxy) is 1. The zero-order chi connectivity index (χ0) is 10.8. The molecule has 0 fully saturated rings.